The van der Waals surface area contributed by atoms with Gasteiger partial charge in [-0.25, -0.2) is 12.6 Å². The van der Waals surface area contributed by atoms with E-state index in [1.807, 2.05) is 0 Å². The molecule has 1 heterocycles. The van der Waals surface area contributed by atoms with Crippen molar-refractivity contribution in [3.05, 3.63) is 116 Å². The molecule has 0 aliphatic heterocycles. The number of rotatable bonds is 7. The third-order valence-electron chi connectivity index (χ3n) is 6.07. The summed E-state index contributed by atoms with van der Waals surface area (Å²) in [7, 11) is -5.30. The maximum absolute atomic E-state index is 13.8. The number of carbonyl (C=O) groups is 1. The van der Waals surface area contributed by atoms with E-state index in [-0.39, 0.29) is 27.7 Å². The summed E-state index contributed by atoms with van der Waals surface area (Å²) in [5.41, 5.74) is -1.74. The molecule has 4 rings (SSSR count). The van der Waals surface area contributed by atoms with Gasteiger partial charge in [0.25, 0.3) is 11.5 Å². The number of aromatic nitrogens is 1. The standard InChI is InChI=1S/C28H22BrF3N2O5S2/c1-17-25(40(37)22-10-8-20(29)9-11-22)15-24(26(35)33-17)27(36)34(21-5-3-4-19(14-21)28(30,31)32)16-18-6-12-23(13-7-18)41(2,38)39/h3-15H,16H2,1-2H3,(H,33,35). The summed E-state index contributed by atoms with van der Waals surface area (Å²) in [6, 6.07) is 17.3. The quantitative estimate of drug-likeness (QED) is 0.265. The fourth-order valence-electron chi connectivity index (χ4n) is 3.94. The monoisotopic (exact) mass is 666 g/mol. The van der Waals surface area contributed by atoms with Crippen molar-refractivity contribution in [1.82, 2.24) is 4.98 Å². The van der Waals surface area contributed by atoms with Crippen LogP contribution in [-0.4, -0.2) is 29.8 Å². The molecule has 1 unspecified atom stereocenters. The van der Waals surface area contributed by atoms with E-state index in [0.29, 0.717) is 10.5 Å². The normalized spacial score (nSPS) is 12.6. The Morgan fingerprint density at radius 3 is 2.22 bits per heavy atom. The molecule has 13 heteroatoms. The van der Waals surface area contributed by atoms with Gasteiger partial charge in [0, 0.05) is 27.0 Å². The van der Waals surface area contributed by atoms with Gasteiger partial charge in [-0.05, 0) is 73.2 Å². The molecule has 0 aliphatic rings. The van der Waals surface area contributed by atoms with Crippen molar-refractivity contribution in [2.45, 2.75) is 34.3 Å². The van der Waals surface area contributed by atoms with Gasteiger partial charge >= 0.3 is 6.18 Å². The van der Waals surface area contributed by atoms with Crippen LogP contribution < -0.4 is 10.5 Å². The molecular formula is C28H22BrF3N2O5S2. The largest absolute Gasteiger partial charge is 0.416 e. The number of benzene rings is 3. The Kier molecular flexibility index (Phi) is 8.71. The lowest BCUT2D eigenvalue weighted by Gasteiger charge is -2.24. The first kappa shape index (κ1) is 30.4. The average Bonchev–Trinajstić information content (AvgIpc) is 2.91. The highest BCUT2D eigenvalue weighted by Crippen LogP contribution is 2.33. The lowest BCUT2D eigenvalue weighted by molar-refractivity contribution is -0.137. The van der Waals surface area contributed by atoms with Crippen LogP contribution in [-0.2, 0) is 33.4 Å². The van der Waals surface area contributed by atoms with E-state index in [1.165, 1.54) is 43.3 Å². The summed E-state index contributed by atoms with van der Waals surface area (Å²) in [5.74, 6) is -0.938. The number of pyridine rings is 1. The van der Waals surface area contributed by atoms with Crippen molar-refractivity contribution in [2.24, 2.45) is 0 Å². The summed E-state index contributed by atoms with van der Waals surface area (Å²) < 4.78 is 78.4. The second-order valence-electron chi connectivity index (χ2n) is 9.08. The minimum atomic E-state index is -4.70. The molecule has 0 bridgehead atoms. The van der Waals surface area contributed by atoms with Gasteiger partial charge < -0.3 is 9.88 Å². The summed E-state index contributed by atoms with van der Waals surface area (Å²) in [5, 5.41) is 0. The Labute approximate surface area is 244 Å². The Bertz CT molecular complexity index is 1800. The number of anilines is 1. The van der Waals surface area contributed by atoms with Crippen LogP contribution in [0.4, 0.5) is 18.9 Å². The van der Waals surface area contributed by atoms with Gasteiger partial charge in [-0.2, -0.15) is 13.2 Å². The second kappa shape index (κ2) is 11.7. The van der Waals surface area contributed by atoms with Crippen molar-refractivity contribution in [3.8, 4) is 0 Å². The van der Waals surface area contributed by atoms with E-state index in [2.05, 4.69) is 20.9 Å². The second-order valence-corrected chi connectivity index (χ2v) is 13.5. The van der Waals surface area contributed by atoms with Crippen LogP contribution >= 0.6 is 15.9 Å². The molecular weight excluding hydrogens is 645 g/mol. The zero-order chi connectivity index (χ0) is 30.1. The topological polar surface area (TPSA) is 104 Å². The molecule has 0 spiro atoms. The third kappa shape index (κ3) is 7.03. The smallest absolute Gasteiger partial charge is 0.325 e. The fourth-order valence-corrected chi connectivity index (χ4v) is 6.03. The molecule has 3 aromatic carbocycles. The highest BCUT2D eigenvalue weighted by molar-refractivity contribution is 9.10. The number of alkyl halides is 3. The Morgan fingerprint density at radius 2 is 1.63 bits per heavy atom. The number of sulfone groups is 1. The van der Waals surface area contributed by atoms with E-state index >= 15 is 0 Å². The van der Waals surface area contributed by atoms with Crippen LogP contribution in [0.1, 0.15) is 27.2 Å². The Balaban J connectivity index is 1.81. The maximum Gasteiger partial charge on any atom is 0.416 e. The fraction of sp³-hybridized carbons (Fsp3) is 0.143. The SMILES string of the molecule is Cc1[nH]c(=O)c(C(=O)N(Cc2ccc(S(C)(=O)=O)cc2)c2cccc(C(F)(F)F)c2)cc1S(=O)c1ccc(Br)cc1. The molecule has 1 atom stereocenters. The van der Waals surface area contributed by atoms with Crippen molar-refractivity contribution >= 4 is 48.2 Å². The van der Waals surface area contributed by atoms with E-state index in [4.69, 9.17) is 0 Å². The van der Waals surface area contributed by atoms with Gasteiger partial charge in [0.15, 0.2) is 9.84 Å². The highest BCUT2D eigenvalue weighted by atomic mass is 79.9. The number of nitrogens with zero attached hydrogens (tertiary/aromatic N) is 1. The number of nitrogens with one attached hydrogen (secondary N) is 1. The minimum Gasteiger partial charge on any atom is -0.325 e. The van der Waals surface area contributed by atoms with Gasteiger partial charge in [-0.3, -0.25) is 9.59 Å². The van der Waals surface area contributed by atoms with Gasteiger partial charge in [-0.1, -0.05) is 34.1 Å². The predicted molar refractivity (Wildman–Crippen MR) is 152 cm³/mol. The van der Waals surface area contributed by atoms with E-state index in [0.717, 1.165) is 33.8 Å². The summed E-state index contributed by atoms with van der Waals surface area (Å²) in [6.07, 6.45) is -3.67. The van der Waals surface area contributed by atoms with Crippen LogP contribution in [0.25, 0.3) is 0 Å². The van der Waals surface area contributed by atoms with Crippen LogP contribution in [0.5, 0.6) is 0 Å². The van der Waals surface area contributed by atoms with Crippen molar-refractivity contribution in [3.63, 3.8) is 0 Å². The summed E-state index contributed by atoms with van der Waals surface area (Å²) >= 11 is 3.30. The highest BCUT2D eigenvalue weighted by Gasteiger charge is 2.32. The first-order valence-corrected chi connectivity index (χ1v) is 15.7. The van der Waals surface area contributed by atoms with Crippen LogP contribution in [0.2, 0.25) is 0 Å². The molecule has 0 fully saturated rings. The number of H-pyrrole nitrogens is 1. The lowest BCUT2D eigenvalue weighted by Crippen LogP contribution is -2.35. The van der Waals surface area contributed by atoms with Crippen molar-refractivity contribution in [1.29, 1.82) is 0 Å². The Morgan fingerprint density at radius 1 is 1.00 bits per heavy atom. The molecule has 0 saturated heterocycles. The minimum absolute atomic E-state index is 0.0215. The first-order chi connectivity index (χ1) is 19.1. The molecule has 1 aromatic heterocycles. The number of aromatic amines is 1. The van der Waals surface area contributed by atoms with Gasteiger partial charge in [0.05, 0.1) is 32.7 Å². The van der Waals surface area contributed by atoms with Crippen LogP contribution in [0.3, 0.4) is 0 Å². The molecule has 1 amide bonds. The average molecular weight is 668 g/mol. The number of aryl methyl sites for hydroxylation is 1. The molecule has 0 saturated carbocycles. The van der Waals surface area contributed by atoms with Gasteiger partial charge in [0.1, 0.15) is 5.56 Å². The first-order valence-electron chi connectivity index (χ1n) is 11.8. The maximum atomic E-state index is 13.8. The molecule has 41 heavy (non-hydrogen) atoms. The predicted octanol–water partition coefficient (Wildman–Crippen LogP) is 5.88. The summed E-state index contributed by atoms with van der Waals surface area (Å²) in [6.45, 7) is 1.23. The van der Waals surface area contributed by atoms with E-state index < -0.39 is 49.4 Å². The third-order valence-corrected chi connectivity index (χ3v) is 9.25. The zero-order valence-corrected chi connectivity index (χ0v) is 24.7. The Hall–Kier alpha value is -3.55. The van der Waals surface area contributed by atoms with Crippen LogP contribution in [0.15, 0.2) is 103 Å². The van der Waals surface area contributed by atoms with Gasteiger partial charge in [-0.15, -0.1) is 0 Å². The number of carbonyl (C=O) groups excluding carboxylic acids is 1. The molecule has 7 nitrogen and oxygen atoms in total. The van der Waals surface area contributed by atoms with Crippen LogP contribution in [0, 0.1) is 6.92 Å². The van der Waals surface area contributed by atoms with Crippen molar-refractivity contribution in [2.75, 3.05) is 11.2 Å². The molecule has 0 aliphatic carbocycles. The number of halogens is 4. The van der Waals surface area contributed by atoms with Crippen molar-refractivity contribution < 1.29 is 30.6 Å². The number of hydrogen-bond donors (Lipinski definition) is 1. The number of hydrogen-bond acceptors (Lipinski definition) is 5. The van der Waals surface area contributed by atoms with Gasteiger partial charge in [0.2, 0.25) is 0 Å². The number of amides is 1. The summed E-state index contributed by atoms with van der Waals surface area (Å²) in [4.78, 5) is 30.9. The molecule has 0 radical (unpaired) electrons. The lowest BCUT2D eigenvalue weighted by atomic mass is 10.1. The molecule has 214 valence electrons. The molecule has 1 N–H and O–H groups in total. The molecule has 4 aromatic rings. The van der Waals surface area contributed by atoms with E-state index in [1.54, 1.807) is 24.3 Å². The zero-order valence-electron chi connectivity index (χ0n) is 21.5. The van der Waals surface area contributed by atoms with E-state index in [9.17, 15) is 35.4 Å².